The molecule has 1 fully saturated rings. The normalized spacial score (nSPS) is 22.2. The fourth-order valence-corrected chi connectivity index (χ4v) is 3.62. The van der Waals surface area contributed by atoms with E-state index in [1.54, 1.807) is 12.6 Å². The number of furan rings is 1. The van der Waals surface area contributed by atoms with Gasteiger partial charge in [0, 0.05) is 31.9 Å². The molecule has 0 amide bonds. The molecule has 1 aliphatic heterocycles. The highest BCUT2D eigenvalue weighted by molar-refractivity contribution is 5.77. The van der Waals surface area contributed by atoms with Crippen molar-refractivity contribution in [2.45, 2.75) is 31.4 Å². The molecule has 1 aromatic carbocycles. The van der Waals surface area contributed by atoms with Crippen molar-refractivity contribution in [3.8, 4) is 0 Å². The molecule has 1 unspecified atom stereocenters. The first-order valence-electron chi connectivity index (χ1n) is 8.35. The van der Waals surface area contributed by atoms with Crippen molar-refractivity contribution in [2.75, 3.05) is 13.1 Å². The van der Waals surface area contributed by atoms with Crippen molar-refractivity contribution in [2.24, 2.45) is 7.05 Å². The summed E-state index contributed by atoms with van der Waals surface area (Å²) in [5, 5.41) is 20.2. The molecule has 0 aliphatic carbocycles. The van der Waals surface area contributed by atoms with Crippen LogP contribution in [0.15, 0.2) is 41.3 Å². The van der Waals surface area contributed by atoms with E-state index >= 15 is 0 Å². The summed E-state index contributed by atoms with van der Waals surface area (Å²) in [6, 6.07) is 8.26. The Bertz CT molecular complexity index is 840. The van der Waals surface area contributed by atoms with Crippen molar-refractivity contribution >= 4 is 11.0 Å². The highest BCUT2D eigenvalue weighted by Crippen LogP contribution is 2.26. The second-order valence-electron chi connectivity index (χ2n) is 6.87. The molecule has 0 radical (unpaired) electrons. The molecule has 1 saturated heterocycles. The van der Waals surface area contributed by atoms with Crippen LogP contribution in [0.5, 0.6) is 0 Å². The van der Waals surface area contributed by atoms with E-state index in [1.165, 1.54) is 5.56 Å². The van der Waals surface area contributed by atoms with E-state index in [-0.39, 0.29) is 0 Å². The first-order valence-corrected chi connectivity index (χ1v) is 8.35. The van der Waals surface area contributed by atoms with Gasteiger partial charge in [-0.3, -0.25) is 4.90 Å². The largest absolute Gasteiger partial charge is 0.464 e. The van der Waals surface area contributed by atoms with Gasteiger partial charge in [0.2, 0.25) is 0 Å². The van der Waals surface area contributed by atoms with Crippen LogP contribution in [0.25, 0.3) is 11.0 Å². The standard InChI is InChI=1S/C18H22N4O2/c1-21-13-19-20-17(21)10-18(23)6-2-7-22(12-18)11-14-3-4-16-15(9-14)5-8-24-16/h3-5,8-9,13,23H,2,6-7,10-12H2,1H3. The third-order valence-corrected chi connectivity index (χ3v) is 4.85. The number of fused-ring (bicyclic) bond motifs is 1. The van der Waals surface area contributed by atoms with Gasteiger partial charge in [0.25, 0.3) is 0 Å². The lowest BCUT2D eigenvalue weighted by Gasteiger charge is -2.39. The van der Waals surface area contributed by atoms with Crippen molar-refractivity contribution < 1.29 is 9.52 Å². The van der Waals surface area contributed by atoms with Crippen molar-refractivity contribution in [3.05, 3.63) is 48.2 Å². The van der Waals surface area contributed by atoms with Crippen LogP contribution in [-0.2, 0) is 20.0 Å². The van der Waals surface area contributed by atoms with Gasteiger partial charge in [-0.2, -0.15) is 0 Å². The van der Waals surface area contributed by atoms with Crippen LogP contribution in [0, 0.1) is 0 Å². The molecule has 6 heteroatoms. The molecule has 3 heterocycles. The summed E-state index contributed by atoms with van der Waals surface area (Å²) in [7, 11) is 1.92. The number of hydrogen-bond donors (Lipinski definition) is 1. The number of benzene rings is 1. The zero-order chi connectivity index (χ0) is 16.6. The first kappa shape index (κ1) is 15.4. The van der Waals surface area contributed by atoms with Crippen molar-refractivity contribution in [1.82, 2.24) is 19.7 Å². The van der Waals surface area contributed by atoms with Gasteiger partial charge in [0.05, 0.1) is 11.9 Å². The molecule has 1 N–H and O–H groups in total. The number of nitrogens with zero attached hydrogens (tertiary/aromatic N) is 4. The molecule has 1 aliphatic rings. The molecule has 126 valence electrons. The molecular weight excluding hydrogens is 304 g/mol. The highest BCUT2D eigenvalue weighted by atomic mass is 16.3. The fourth-order valence-electron chi connectivity index (χ4n) is 3.62. The molecular formula is C18H22N4O2. The van der Waals surface area contributed by atoms with E-state index in [0.717, 1.165) is 42.7 Å². The van der Waals surface area contributed by atoms with E-state index in [9.17, 15) is 5.11 Å². The summed E-state index contributed by atoms with van der Waals surface area (Å²) in [5.74, 6) is 0.833. The predicted molar refractivity (Wildman–Crippen MR) is 90.4 cm³/mol. The van der Waals surface area contributed by atoms with Crippen LogP contribution in [0.4, 0.5) is 0 Å². The summed E-state index contributed by atoms with van der Waals surface area (Å²) in [6.07, 6.45) is 5.73. The average Bonchev–Trinajstić information content (AvgIpc) is 3.16. The number of piperidine rings is 1. The number of aromatic nitrogens is 3. The van der Waals surface area contributed by atoms with Crippen LogP contribution in [0.1, 0.15) is 24.2 Å². The second kappa shape index (κ2) is 6.03. The van der Waals surface area contributed by atoms with Gasteiger partial charge >= 0.3 is 0 Å². The smallest absolute Gasteiger partial charge is 0.135 e. The second-order valence-corrected chi connectivity index (χ2v) is 6.87. The third kappa shape index (κ3) is 3.07. The van der Waals surface area contributed by atoms with Gasteiger partial charge in [-0.15, -0.1) is 10.2 Å². The van der Waals surface area contributed by atoms with Gasteiger partial charge in [-0.05, 0) is 43.1 Å². The van der Waals surface area contributed by atoms with Gasteiger partial charge in [-0.25, -0.2) is 0 Å². The number of likely N-dealkylation sites (tertiary alicyclic amines) is 1. The van der Waals surface area contributed by atoms with Crippen LogP contribution in [0.3, 0.4) is 0 Å². The van der Waals surface area contributed by atoms with Crippen LogP contribution in [0.2, 0.25) is 0 Å². The van der Waals surface area contributed by atoms with Crippen molar-refractivity contribution in [3.63, 3.8) is 0 Å². The quantitative estimate of drug-likeness (QED) is 0.795. The molecule has 4 rings (SSSR count). The molecule has 2 aromatic heterocycles. The Hall–Kier alpha value is -2.18. The Labute approximate surface area is 140 Å². The first-order chi connectivity index (χ1) is 11.6. The summed E-state index contributed by atoms with van der Waals surface area (Å²) in [4.78, 5) is 2.32. The Morgan fingerprint density at radius 3 is 3.08 bits per heavy atom. The van der Waals surface area contributed by atoms with Gasteiger partial charge in [0.1, 0.15) is 17.7 Å². The topological polar surface area (TPSA) is 67.3 Å². The maximum Gasteiger partial charge on any atom is 0.135 e. The Balaban J connectivity index is 1.46. The Kier molecular flexibility index (Phi) is 3.86. The maximum atomic E-state index is 11.0. The lowest BCUT2D eigenvalue weighted by Crippen LogP contribution is -2.49. The van der Waals surface area contributed by atoms with Crippen LogP contribution in [-0.4, -0.2) is 43.5 Å². The zero-order valence-electron chi connectivity index (χ0n) is 13.9. The van der Waals surface area contributed by atoms with E-state index in [2.05, 4.69) is 27.2 Å². The van der Waals surface area contributed by atoms with E-state index < -0.39 is 5.60 Å². The minimum absolute atomic E-state index is 0.542. The van der Waals surface area contributed by atoms with E-state index in [0.29, 0.717) is 13.0 Å². The molecule has 3 aromatic rings. The molecule has 0 saturated carbocycles. The lowest BCUT2D eigenvalue weighted by molar-refractivity contribution is -0.0344. The van der Waals surface area contributed by atoms with Crippen molar-refractivity contribution in [1.29, 1.82) is 0 Å². The number of β-amino-alcohol motifs (C(OH)–C–C–N with tert-alkyl or cyclic N) is 1. The van der Waals surface area contributed by atoms with E-state index in [1.807, 2.05) is 23.7 Å². The third-order valence-electron chi connectivity index (χ3n) is 4.85. The molecule has 1 atom stereocenters. The van der Waals surface area contributed by atoms with E-state index in [4.69, 9.17) is 4.42 Å². The Morgan fingerprint density at radius 2 is 2.25 bits per heavy atom. The maximum absolute atomic E-state index is 11.0. The predicted octanol–water partition coefficient (Wildman–Crippen LogP) is 2.13. The monoisotopic (exact) mass is 326 g/mol. The number of rotatable bonds is 4. The zero-order valence-corrected chi connectivity index (χ0v) is 13.9. The SMILES string of the molecule is Cn1cnnc1CC1(O)CCCN(Cc2ccc3occc3c2)C1. The summed E-state index contributed by atoms with van der Waals surface area (Å²) in [5.41, 5.74) is 1.42. The fraction of sp³-hybridized carbons (Fsp3) is 0.444. The average molecular weight is 326 g/mol. The molecule has 0 bridgehead atoms. The number of hydrogen-bond acceptors (Lipinski definition) is 5. The van der Waals surface area contributed by atoms with Crippen LogP contribution >= 0.6 is 0 Å². The molecule has 24 heavy (non-hydrogen) atoms. The number of aliphatic hydroxyl groups is 1. The van der Waals surface area contributed by atoms with Gasteiger partial charge < -0.3 is 14.1 Å². The van der Waals surface area contributed by atoms with Crippen LogP contribution < -0.4 is 0 Å². The summed E-state index contributed by atoms with van der Waals surface area (Å²) >= 11 is 0. The molecule has 6 nitrogen and oxygen atoms in total. The van der Waals surface area contributed by atoms with Gasteiger partial charge in [-0.1, -0.05) is 6.07 Å². The summed E-state index contributed by atoms with van der Waals surface area (Å²) in [6.45, 7) is 2.50. The Morgan fingerprint density at radius 1 is 1.33 bits per heavy atom. The number of aryl methyl sites for hydroxylation is 1. The highest BCUT2D eigenvalue weighted by Gasteiger charge is 2.34. The molecule has 0 spiro atoms. The summed E-state index contributed by atoms with van der Waals surface area (Å²) < 4.78 is 7.28. The van der Waals surface area contributed by atoms with Gasteiger partial charge in [0.15, 0.2) is 0 Å². The minimum Gasteiger partial charge on any atom is -0.464 e. The minimum atomic E-state index is -0.737. The lowest BCUT2D eigenvalue weighted by atomic mass is 9.89.